The Labute approximate surface area is 116 Å². The van der Waals surface area contributed by atoms with Gasteiger partial charge >= 0.3 is 29.6 Å². The van der Waals surface area contributed by atoms with Gasteiger partial charge in [-0.05, 0) is 63.4 Å². The molecule has 0 heterocycles. The molecule has 0 aromatic heterocycles. The summed E-state index contributed by atoms with van der Waals surface area (Å²) in [5.74, 6) is 0. The van der Waals surface area contributed by atoms with Gasteiger partial charge in [0.2, 0.25) is 0 Å². The molecule has 1 aromatic carbocycles. The first-order valence-corrected chi connectivity index (χ1v) is 4.94. The Hall–Kier alpha value is 2.03. The van der Waals surface area contributed by atoms with Crippen molar-refractivity contribution in [3.05, 3.63) is 25.3 Å². The van der Waals surface area contributed by atoms with Crippen molar-refractivity contribution in [2.75, 3.05) is 0 Å². The second-order valence-electron chi connectivity index (χ2n) is 1.60. The van der Waals surface area contributed by atoms with Crippen LogP contribution in [0.1, 0.15) is 0 Å². The molecular formula is C6H5I2NaS. The summed E-state index contributed by atoms with van der Waals surface area (Å²) in [6.45, 7) is 0. The third kappa shape index (κ3) is 3.62. The van der Waals surface area contributed by atoms with E-state index in [-0.39, 0.29) is 29.6 Å². The maximum atomic E-state index is 4.19. The van der Waals surface area contributed by atoms with Gasteiger partial charge in [0, 0.05) is 12.0 Å². The standard InChI is InChI=1S/C6H4I2S.Na.H/c7-5-2-1-4(9)3-6(5)8;;/h1-3,9H;;. The van der Waals surface area contributed by atoms with Crippen molar-refractivity contribution < 1.29 is 0 Å². The van der Waals surface area contributed by atoms with E-state index in [0.717, 1.165) is 4.90 Å². The van der Waals surface area contributed by atoms with Crippen molar-refractivity contribution in [3.63, 3.8) is 0 Å². The average Bonchev–Trinajstić information content (AvgIpc) is 1.80. The molecule has 0 unspecified atom stereocenters. The third-order valence-electron chi connectivity index (χ3n) is 0.903. The van der Waals surface area contributed by atoms with E-state index in [4.69, 9.17) is 0 Å². The molecule has 0 aliphatic heterocycles. The summed E-state index contributed by atoms with van der Waals surface area (Å²) in [6, 6.07) is 6.10. The minimum atomic E-state index is 0. The second kappa shape index (κ2) is 5.64. The quantitative estimate of drug-likeness (QED) is 0.396. The first kappa shape index (κ1) is 12.0. The Morgan fingerprint density at radius 1 is 1.10 bits per heavy atom. The number of hydrogen-bond acceptors (Lipinski definition) is 1. The molecule has 0 bridgehead atoms. The molecule has 1 aromatic rings. The molecule has 0 N–H and O–H groups in total. The molecule has 0 spiro atoms. The molecule has 0 aliphatic carbocycles. The summed E-state index contributed by atoms with van der Waals surface area (Å²) in [6.07, 6.45) is 0. The molecule has 10 heavy (non-hydrogen) atoms. The molecule has 0 radical (unpaired) electrons. The molecule has 0 saturated heterocycles. The number of rotatable bonds is 0. The van der Waals surface area contributed by atoms with Gasteiger partial charge in [-0.15, -0.1) is 12.6 Å². The summed E-state index contributed by atoms with van der Waals surface area (Å²) < 4.78 is 2.55. The Morgan fingerprint density at radius 3 is 2.10 bits per heavy atom. The third-order valence-corrected chi connectivity index (χ3v) is 4.05. The van der Waals surface area contributed by atoms with Crippen LogP contribution < -0.4 is 0 Å². The summed E-state index contributed by atoms with van der Waals surface area (Å²) >= 11 is 8.79. The molecule has 1 rings (SSSR count). The van der Waals surface area contributed by atoms with Crippen LogP contribution in [0, 0.1) is 7.14 Å². The van der Waals surface area contributed by atoms with Crippen LogP contribution in [0.2, 0.25) is 0 Å². The average molecular weight is 386 g/mol. The maximum absolute atomic E-state index is 4.19. The van der Waals surface area contributed by atoms with Gasteiger partial charge in [-0.25, -0.2) is 0 Å². The Kier molecular flexibility index (Phi) is 6.78. The first-order valence-electron chi connectivity index (χ1n) is 2.34. The van der Waals surface area contributed by atoms with Crippen LogP contribution in [-0.2, 0) is 0 Å². The van der Waals surface area contributed by atoms with Gasteiger partial charge in [0.05, 0.1) is 0 Å². The number of hydrogen-bond donors (Lipinski definition) is 1. The Balaban J connectivity index is 0.000000810. The van der Waals surface area contributed by atoms with Crippen LogP contribution in [0.25, 0.3) is 0 Å². The molecule has 0 saturated carbocycles. The van der Waals surface area contributed by atoms with Gasteiger partial charge in [0.25, 0.3) is 0 Å². The molecule has 0 aliphatic rings. The summed E-state index contributed by atoms with van der Waals surface area (Å²) in [5, 5.41) is 0. The fourth-order valence-corrected chi connectivity index (χ4v) is 1.79. The van der Waals surface area contributed by atoms with E-state index in [9.17, 15) is 0 Å². The van der Waals surface area contributed by atoms with Crippen LogP contribution in [0.4, 0.5) is 0 Å². The predicted molar refractivity (Wildman–Crippen MR) is 66.3 cm³/mol. The van der Waals surface area contributed by atoms with Crippen molar-refractivity contribution in [1.82, 2.24) is 0 Å². The molecule has 0 fully saturated rings. The zero-order chi connectivity index (χ0) is 6.85. The van der Waals surface area contributed by atoms with Gasteiger partial charge in [0.15, 0.2) is 0 Å². The van der Waals surface area contributed by atoms with Crippen LogP contribution in [0.15, 0.2) is 23.1 Å². The van der Waals surface area contributed by atoms with E-state index in [1.807, 2.05) is 12.1 Å². The summed E-state index contributed by atoms with van der Waals surface area (Å²) in [5.41, 5.74) is 0. The fraction of sp³-hybridized carbons (Fsp3) is 0. The summed E-state index contributed by atoms with van der Waals surface area (Å²) in [4.78, 5) is 1.03. The van der Waals surface area contributed by atoms with Crippen LogP contribution >= 0.6 is 57.8 Å². The predicted octanol–water partition coefficient (Wildman–Crippen LogP) is 2.54. The number of halogens is 2. The second-order valence-corrected chi connectivity index (χ2v) is 4.44. The van der Waals surface area contributed by atoms with Gasteiger partial charge < -0.3 is 0 Å². The van der Waals surface area contributed by atoms with E-state index >= 15 is 0 Å². The topological polar surface area (TPSA) is 0 Å². The van der Waals surface area contributed by atoms with Crippen molar-refractivity contribution in [1.29, 1.82) is 0 Å². The Morgan fingerprint density at radius 2 is 1.70 bits per heavy atom. The van der Waals surface area contributed by atoms with E-state index in [1.54, 1.807) is 0 Å². The molecular weight excluding hydrogens is 381 g/mol. The van der Waals surface area contributed by atoms with Crippen LogP contribution in [-0.4, -0.2) is 29.6 Å². The van der Waals surface area contributed by atoms with Crippen LogP contribution in [0.3, 0.4) is 0 Å². The molecule has 0 amide bonds. The minimum absolute atomic E-state index is 0. The zero-order valence-electron chi connectivity index (χ0n) is 4.44. The number of thiol groups is 1. The van der Waals surface area contributed by atoms with Crippen molar-refractivity contribution in [3.8, 4) is 0 Å². The molecule has 4 heteroatoms. The van der Waals surface area contributed by atoms with Crippen LogP contribution in [0.5, 0.6) is 0 Å². The number of benzene rings is 1. The van der Waals surface area contributed by atoms with E-state index in [1.165, 1.54) is 7.14 Å². The summed E-state index contributed by atoms with van der Waals surface area (Å²) in [7, 11) is 0. The molecule has 50 valence electrons. The van der Waals surface area contributed by atoms with E-state index in [0.29, 0.717) is 0 Å². The van der Waals surface area contributed by atoms with Gasteiger partial charge in [-0.2, -0.15) is 0 Å². The SMILES string of the molecule is Sc1ccc(I)c(I)c1.[NaH]. The van der Waals surface area contributed by atoms with Crippen molar-refractivity contribution in [2.45, 2.75) is 4.90 Å². The monoisotopic (exact) mass is 386 g/mol. The first-order chi connectivity index (χ1) is 4.20. The fourth-order valence-electron chi connectivity index (χ4n) is 0.485. The zero-order valence-corrected chi connectivity index (χ0v) is 9.64. The van der Waals surface area contributed by atoms with E-state index < -0.39 is 0 Å². The molecule has 0 nitrogen and oxygen atoms in total. The normalized spacial score (nSPS) is 8.70. The van der Waals surface area contributed by atoms with Crippen molar-refractivity contribution in [2.24, 2.45) is 0 Å². The van der Waals surface area contributed by atoms with Crippen molar-refractivity contribution >= 4 is 87.4 Å². The molecule has 0 atom stereocenters. The van der Waals surface area contributed by atoms with Gasteiger partial charge in [-0.3, -0.25) is 0 Å². The Bertz CT molecular complexity index is 227. The van der Waals surface area contributed by atoms with E-state index in [2.05, 4.69) is 63.9 Å². The van der Waals surface area contributed by atoms with Gasteiger partial charge in [0.1, 0.15) is 0 Å². The van der Waals surface area contributed by atoms with Gasteiger partial charge in [-0.1, -0.05) is 0 Å².